The summed E-state index contributed by atoms with van der Waals surface area (Å²) < 4.78 is 0. The highest BCUT2D eigenvalue weighted by Crippen LogP contribution is 2.18. The van der Waals surface area contributed by atoms with Crippen molar-refractivity contribution in [2.45, 2.75) is 32.4 Å². The zero-order valence-electron chi connectivity index (χ0n) is 8.88. The molecule has 0 aromatic carbocycles. The summed E-state index contributed by atoms with van der Waals surface area (Å²) in [6.07, 6.45) is 2.30. The summed E-state index contributed by atoms with van der Waals surface area (Å²) in [4.78, 5) is 11.3. The monoisotopic (exact) mass is 224 g/mol. The number of amides is 1. The minimum Gasteiger partial charge on any atom is -0.352 e. The van der Waals surface area contributed by atoms with Crippen LogP contribution in [0.1, 0.15) is 24.0 Å². The molecule has 2 rings (SSSR count). The van der Waals surface area contributed by atoms with Gasteiger partial charge >= 0.3 is 0 Å². The van der Waals surface area contributed by atoms with Gasteiger partial charge in [0.2, 0.25) is 5.91 Å². The van der Waals surface area contributed by atoms with Crippen molar-refractivity contribution < 1.29 is 4.79 Å². The molecule has 15 heavy (non-hydrogen) atoms. The summed E-state index contributed by atoms with van der Waals surface area (Å²) in [6, 6.07) is 0.460. The number of carbonyl (C=O) groups is 1. The first-order chi connectivity index (χ1) is 7.25. The van der Waals surface area contributed by atoms with Crippen molar-refractivity contribution in [1.82, 2.24) is 10.6 Å². The predicted molar refractivity (Wildman–Crippen MR) is 61.9 cm³/mol. The third-order valence-electron chi connectivity index (χ3n) is 2.51. The van der Waals surface area contributed by atoms with Gasteiger partial charge < -0.3 is 10.6 Å². The van der Waals surface area contributed by atoms with Gasteiger partial charge in [-0.05, 0) is 41.7 Å². The van der Waals surface area contributed by atoms with Gasteiger partial charge in [-0.15, -0.1) is 0 Å². The molecule has 1 saturated carbocycles. The van der Waals surface area contributed by atoms with E-state index in [1.807, 2.05) is 0 Å². The zero-order valence-corrected chi connectivity index (χ0v) is 9.69. The van der Waals surface area contributed by atoms with E-state index >= 15 is 0 Å². The molecular weight excluding hydrogens is 208 g/mol. The molecule has 1 aliphatic rings. The van der Waals surface area contributed by atoms with Crippen LogP contribution in [-0.2, 0) is 11.3 Å². The first-order valence-corrected chi connectivity index (χ1v) is 6.22. The minimum absolute atomic E-state index is 0.116. The molecule has 1 amide bonds. The van der Waals surface area contributed by atoms with Crippen molar-refractivity contribution in [3.05, 3.63) is 21.9 Å². The lowest BCUT2D eigenvalue weighted by Crippen LogP contribution is -2.34. The van der Waals surface area contributed by atoms with Gasteiger partial charge in [-0.1, -0.05) is 0 Å². The third-order valence-corrected chi connectivity index (χ3v) is 3.42. The van der Waals surface area contributed by atoms with Crippen LogP contribution in [0.3, 0.4) is 0 Å². The lowest BCUT2D eigenvalue weighted by atomic mass is 10.2. The van der Waals surface area contributed by atoms with Gasteiger partial charge in [0.1, 0.15) is 0 Å². The van der Waals surface area contributed by atoms with Crippen LogP contribution in [0.4, 0.5) is 0 Å². The molecule has 0 atom stereocenters. The predicted octanol–water partition coefficient (Wildman–Crippen LogP) is 1.42. The summed E-state index contributed by atoms with van der Waals surface area (Å²) in [5.74, 6) is 0.116. The Morgan fingerprint density at radius 1 is 1.53 bits per heavy atom. The van der Waals surface area contributed by atoms with Crippen LogP contribution in [0.25, 0.3) is 0 Å². The topological polar surface area (TPSA) is 41.1 Å². The molecule has 1 aromatic heterocycles. The molecule has 1 fully saturated rings. The van der Waals surface area contributed by atoms with Crippen molar-refractivity contribution in [2.24, 2.45) is 0 Å². The van der Waals surface area contributed by atoms with Gasteiger partial charge in [0.15, 0.2) is 0 Å². The van der Waals surface area contributed by atoms with Gasteiger partial charge in [0.05, 0.1) is 6.54 Å². The molecule has 0 spiro atoms. The van der Waals surface area contributed by atoms with E-state index in [1.165, 1.54) is 11.1 Å². The van der Waals surface area contributed by atoms with Crippen LogP contribution < -0.4 is 10.6 Å². The average molecular weight is 224 g/mol. The highest BCUT2D eigenvalue weighted by molar-refractivity contribution is 7.08. The van der Waals surface area contributed by atoms with E-state index in [1.54, 1.807) is 11.3 Å². The molecule has 4 heteroatoms. The Hall–Kier alpha value is -0.870. The van der Waals surface area contributed by atoms with Crippen molar-refractivity contribution in [2.75, 3.05) is 6.54 Å². The van der Waals surface area contributed by atoms with Gasteiger partial charge in [-0.2, -0.15) is 11.3 Å². The lowest BCUT2D eigenvalue weighted by Gasteiger charge is -2.05. The van der Waals surface area contributed by atoms with Crippen LogP contribution >= 0.6 is 11.3 Å². The Morgan fingerprint density at radius 2 is 2.33 bits per heavy atom. The molecule has 1 heterocycles. The van der Waals surface area contributed by atoms with E-state index < -0.39 is 0 Å². The fraction of sp³-hybridized carbons (Fsp3) is 0.545. The van der Waals surface area contributed by atoms with Crippen LogP contribution in [0, 0.1) is 6.92 Å². The van der Waals surface area contributed by atoms with Crippen molar-refractivity contribution in [1.29, 1.82) is 0 Å². The number of hydrogen-bond donors (Lipinski definition) is 2. The van der Waals surface area contributed by atoms with Gasteiger partial charge in [0.25, 0.3) is 0 Å². The summed E-state index contributed by atoms with van der Waals surface area (Å²) in [6.45, 7) is 3.30. The zero-order chi connectivity index (χ0) is 10.7. The number of carbonyl (C=O) groups excluding carboxylic acids is 1. The second-order valence-corrected chi connectivity index (χ2v) is 4.77. The average Bonchev–Trinajstić information content (AvgIpc) is 2.91. The maximum atomic E-state index is 11.3. The molecule has 0 unspecified atom stereocenters. The van der Waals surface area contributed by atoms with Crippen molar-refractivity contribution in [3.8, 4) is 0 Å². The fourth-order valence-corrected chi connectivity index (χ4v) is 2.24. The van der Waals surface area contributed by atoms with Gasteiger partial charge in [0, 0.05) is 12.6 Å². The SMILES string of the molecule is Cc1cscc1CNCC(=O)NC1CC1. The Balaban J connectivity index is 1.65. The van der Waals surface area contributed by atoms with Gasteiger partial charge in [-0.25, -0.2) is 0 Å². The smallest absolute Gasteiger partial charge is 0.234 e. The molecule has 0 saturated heterocycles. The summed E-state index contributed by atoms with van der Waals surface area (Å²) in [5, 5.41) is 10.4. The van der Waals surface area contributed by atoms with E-state index in [0.717, 1.165) is 19.4 Å². The Kier molecular flexibility index (Phi) is 3.38. The van der Waals surface area contributed by atoms with E-state index in [-0.39, 0.29) is 5.91 Å². The maximum Gasteiger partial charge on any atom is 0.234 e. The standard InChI is InChI=1S/C11H16N2OS/c1-8-6-15-7-9(8)4-12-5-11(14)13-10-2-3-10/h6-7,10,12H,2-5H2,1H3,(H,13,14). The van der Waals surface area contributed by atoms with Crippen LogP contribution in [0.2, 0.25) is 0 Å². The Morgan fingerprint density at radius 3 is 2.93 bits per heavy atom. The molecular formula is C11H16N2OS. The Labute approximate surface area is 93.9 Å². The fourth-order valence-electron chi connectivity index (χ4n) is 1.39. The highest BCUT2D eigenvalue weighted by atomic mass is 32.1. The maximum absolute atomic E-state index is 11.3. The minimum atomic E-state index is 0.116. The largest absolute Gasteiger partial charge is 0.352 e. The molecule has 0 bridgehead atoms. The first-order valence-electron chi connectivity index (χ1n) is 5.27. The van der Waals surface area contributed by atoms with Crippen molar-refractivity contribution >= 4 is 17.2 Å². The normalized spacial score (nSPS) is 15.3. The highest BCUT2D eigenvalue weighted by Gasteiger charge is 2.22. The molecule has 0 aliphatic heterocycles. The number of hydrogen-bond acceptors (Lipinski definition) is 3. The van der Waals surface area contributed by atoms with Crippen LogP contribution in [-0.4, -0.2) is 18.5 Å². The Bertz CT molecular complexity index is 344. The van der Waals surface area contributed by atoms with Crippen molar-refractivity contribution in [3.63, 3.8) is 0 Å². The molecule has 1 aliphatic carbocycles. The van der Waals surface area contributed by atoms with Crippen LogP contribution in [0.15, 0.2) is 10.8 Å². The summed E-state index contributed by atoms with van der Waals surface area (Å²) in [5.41, 5.74) is 2.59. The number of nitrogens with one attached hydrogen (secondary N) is 2. The number of rotatable bonds is 5. The third kappa shape index (κ3) is 3.32. The first kappa shape index (κ1) is 10.6. The summed E-state index contributed by atoms with van der Waals surface area (Å²) >= 11 is 1.71. The van der Waals surface area contributed by atoms with E-state index in [0.29, 0.717) is 12.6 Å². The summed E-state index contributed by atoms with van der Waals surface area (Å²) in [7, 11) is 0. The van der Waals surface area contributed by atoms with Crippen LogP contribution in [0.5, 0.6) is 0 Å². The van der Waals surface area contributed by atoms with E-state index in [9.17, 15) is 4.79 Å². The number of aryl methyl sites for hydroxylation is 1. The number of thiophene rings is 1. The second-order valence-electron chi connectivity index (χ2n) is 4.03. The van der Waals surface area contributed by atoms with Gasteiger partial charge in [-0.3, -0.25) is 4.79 Å². The molecule has 82 valence electrons. The molecule has 0 radical (unpaired) electrons. The van der Waals surface area contributed by atoms with E-state index in [2.05, 4.69) is 28.3 Å². The quantitative estimate of drug-likeness (QED) is 0.794. The van der Waals surface area contributed by atoms with E-state index in [4.69, 9.17) is 0 Å². The molecule has 1 aromatic rings. The molecule has 3 nitrogen and oxygen atoms in total. The lowest BCUT2D eigenvalue weighted by molar-refractivity contribution is -0.120. The molecule has 2 N–H and O–H groups in total. The second kappa shape index (κ2) is 4.77.